The fourth-order valence-electron chi connectivity index (χ4n) is 1.73. The van der Waals surface area contributed by atoms with Gasteiger partial charge in [-0.15, -0.1) is 0 Å². The van der Waals surface area contributed by atoms with Crippen LogP contribution < -0.4 is 11.1 Å². The van der Waals surface area contributed by atoms with E-state index in [1.807, 2.05) is 0 Å². The molecule has 1 rings (SSSR count). The van der Waals surface area contributed by atoms with Gasteiger partial charge in [-0.3, -0.25) is 0 Å². The maximum atomic E-state index is 5.81. The zero-order chi connectivity index (χ0) is 12.2. The van der Waals surface area contributed by atoms with Crippen LogP contribution in [0.1, 0.15) is 27.2 Å². The van der Waals surface area contributed by atoms with Crippen molar-refractivity contribution in [3.8, 4) is 0 Å². The zero-order valence-corrected chi connectivity index (χ0v) is 12.2. The van der Waals surface area contributed by atoms with Gasteiger partial charge in [-0.25, -0.2) is 9.97 Å². The van der Waals surface area contributed by atoms with Crippen molar-refractivity contribution >= 4 is 28.5 Å². The second-order valence-electron chi connectivity index (χ2n) is 4.71. The SMILES string of the molecule is CC(C)CC(C)(CN)Nc1ncc(I)cn1. The molecule has 0 radical (unpaired) electrons. The summed E-state index contributed by atoms with van der Waals surface area (Å²) in [4.78, 5) is 8.47. The summed E-state index contributed by atoms with van der Waals surface area (Å²) in [5.41, 5.74) is 5.68. The first-order valence-corrected chi connectivity index (χ1v) is 6.49. The molecule has 0 aromatic carbocycles. The fraction of sp³-hybridized carbons (Fsp3) is 0.636. The molecule has 3 N–H and O–H groups in total. The van der Waals surface area contributed by atoms with Gasteiger partial charge in [0.1, 0.15) is 0 Å². The molecule has 0 amide bonds. The molecular weight excluding hydrogens is 315 g/mol. The van der Waals surface area contributed by atoms with Gasteiger partial charge in [0.15, 0.2) is 0 Å². The van der Waals surface area contributed by atoms with E-state index in [4.69, 9.17) is 5.73 Å². The molecule has 0 aliphatic rings. The summed E-state index contributed by atoms with van der Waals surface area (Å²) in [6.07, 6.45) is 4.59. The van der Waals surface area contributed by atoms with Crippen molar-refractivity contribution in [3.05, 3.63) is 16.0 Å². The fourth-order valence-corrected chi connectivity index (χ4v) is 2.01. The van der Waals surface area contributed by atoms with E-state index in [9.17, 15) is 0 Å². The van der Waals surface area contributed by atoms with Crippen molar-refractivity contribution < 1.29 is 0 Å². The van der Waals surface area contributed by atoms with Crippen molar-refractivity contribution in [2.24, 2.45) is 11.7 Å². The molecule has 1 heterocycles. The molecule has 0 saturated carbocycles. The lowest BCUT2D eigenvalue weighted by atomic mass is 9.91. The van der Waals surface area contributed by atoms with E-state index in [0.29, 0.717) is 18.4 Å². The Morgan fingerprint density at radius 3 is 2.44 bits per heavy atom. The average Bonchev–Trinajstić information content (AvgIpc) is 2.20. The first-order valence-electron chi connectivity index (χ1n) is 5.41. The first kappa shape index (κ1) is 13.6. The van der Waals surface area contributed by atoms with Crippen LogP contribution in [-0.2, 0) is 0 Å². The maximum absolute atomic E-state index is 5.81. The van der Waals surface area contributed by atoms with Gasteiger partial charge in [-0.2, -0.15) is 0 Å². The molecule has 1 aromatic heterocycles. The van der Waals surface area contributed by atoms with Gasteiger partial charge in [0.2, 0.25) is 5.95 Å². The van der Waals surface area contributed by atoms with Crippen LogP contribution in [0.3, 0.4) is 0 Å². The van der Waals surface area contributed by atoms with Crippen LogP contribution >= 0.6 is 22.6 Å². The summed E-state index contributed by atoms with van der Waals surface area (Å²) in [5, 5.41) is 3.31. The number of nitrogens with one attached hydrogen (secondary N) is 1. The van der Waals surface area contributed by atoms with Crippen molar-refractivity contribution in [2.45, 2.75) is 32.7 Å². The van der Waals surface area contributed by atoms with Crippen molar-refractivity contribution in [2.75, 3.05) is 11.9 Å². The Balaban J connectivity index is 2.72. The Hall–Kier alpha value is -0.430. The lowest BCUT2D eigenvalue weighted by Crippen LogP contribution is -2.44. The van der Waals surface area contributed by atoms with Crippen LogP contribution in [0.5, 0.6) is 0 Å². The van der Waals surface area contributed by atoms with Crippen LogP contribution in [0.15, 0.2) is 12.4 Å². The summed E-state index contributed by atoms with van der Waals surface area (Å²) >= 11 is 2.19. The molecule has 0 saturated heterocycles. The van der Waals surface area contributed by atoms with Gasteiger partial charge in [0, 0.05) is 28.0 Å². The second kappa shape index (κ2) is 5.77. The molecule has 1 unspecified atom stereocenters. The minimum atomic E-state index is -0.138. The van der Waals surface area contributed by atoms with Crippen LogP contribution in [0.25, 0.3) is 0 Å². The molecule has 4 nitrogen and oxygen atoms in total. The Morgan fingerprint density at radius 2 is 2.00 bits per heavy atom. The largest absolute Gasteiger partial charge is 0.348 e. The Morgan fingerprint density at radius 1 is 1.44 bits per heavy atom. The maximum Gasteiger partial charge on any atom is 0.223 e. The average molecular weight is 334 g/mol. The molecule has 0 spiro atoms. The molecule has 16 heavy (non-hydrogen) atoms. The zero-order valence-electron chi connectivity index (χ0n) is 10.00. The third-order valence-electron chi connectivity index (χ3n) is 2.34. The first-order chi connectivity index (χ1) is 7.45. The number of nitrogens with zero attached hydrogens (tertiary/aromatic N) is 2. The Bertz CT molecular complexity index is 325. The van der Waals surface area contributed by atoms with Gasteiger partial charge in [-0.1, -0.05) is 13.8 Å². The highest BCUT2D eigenvalue weighted by Gasteiger charge is 2.24. The molecule has 5 heteroatoms. The van der Waals surface area contributed by atoms with E-state index in [1.54, 1.807) is 12.4 Å². The summed E-state index contributed by atoms with van der Waals surface area (Å²) in [5.74, 6) is 1.24. The van der Waals surface area contributed by atoms with Gasteiger partial charge in [-0.05, 0) is 41.9 Å². The van der Waals surface area contributed by atoms with E-state index in [-0.39, 0.29) is 5.54 Å². The van der Waals surface area contributed by atoms with Crippen molar-refractivity contribution in [1.29, 1.82) is 0 Å². The number of halogens is 1. The lowest BCUT2D eigenvalue weighted by Gasteiger charge is -2.31. The quantitative estimate of drug-likeness (QED) is 0.811. The Kier molecular flexibility index (Phi) is 4.91. The summed E-state index contributed by atoms with van der Waals surface area (Å²) in [6, 6.07) is 0. The number of hydrogen-bond donors (Lipinski definition) is 2. The third kappa shape index (κ3) is 4.21. The number of hydrogen-bond acceptors (Lipinski definition) is 4. The van der Waals surface area contributed by atoms with Crippen LogP contribution in [-0.4, -0.2) is 22.1 Å². The molecular formula is C11H19IN4. The number of rotatable bonds is 5. The number of nitrogens with two attached hydrogens (primary N) is 1. The van der Waals surface area contributed by atoms with Crippen molar-refractivity contribution in [3.63, 3.8) is 0 Å². The molecule has 0 aliphatic carbocycles. The molecule has 0 bridgehead atoms. The van der Waals surface area contributed by atoms with E-state index >= 15 is 0 Å². The van der Waals surface area contributed by atoms with Crippen molar-refractivity contribution in [1.82, 2.24) is 9.97 Å². The predicted octanol–water partition coefficient (Wildman–Crippen LogP) is 2.26. The standard InChI is InChI=1S/C11H19IN4/c1-8(2)4-11(3,7-13)16-10-14-5-9(12)6-15-10/h5-6,8H,4,7,13H2,1-3H3,(H,14,15,16). The summed E-state index contributed by atoms with van der Waals surface area (Å²) in [7, 11) is 0. The minimum absolute atomic E-state index is 0.138. The highest BCUT2D eigenvalue weighted by Crippen LogP contribution is 2.19. The van der Waals surface area contributed by atoms with E-state index in [2.05, 4.69) is 58.6 Å². The van der Waals surface area contributed by atoms with E-state index < -0.39 is 0 Å². The molecule has 1 atom stereocenters. The van der Waals surface area contributed by atoms with Gasteiger partial charge in [0.25, 0.3) is 0 Å². The minimum Gasteiger partial charge on any atom is -0.348 e. The van der Waals surface area contributed by atoms with Gasteiger partial charge in [0.05, 0.1) is 0 Å². The summed E-state index contributed by atoms with van der Waals surface area (Å²) in [6.45, 7) is 7.05. The van der Waals surface area contributed by atoms with Crippen LogP contribution in [0.4, 0.5) is 5.95 Å². The lowest BCUT2D eigenvalue weighted by molar-refractivity contribution is 0.404. The molecule has 0 fully saturated rings. The molecule has 90 valence electrons. The van der Waals surface area contributed by atoms with E-state index in [1.165, 1.54) is 0 Å². The topological polar surface area (TPSA) is 63.8 Å². The normalized spacial score (nSPS) is 14.9. The van der Waals surface area contributed by atoms with E-state index in [0.717, 1.165) is 9.99 Å². The molecule has 0 aliphatic heterocycles. The third-order valence-corrected chi connectivity index (χ3v) is 2.90. The predicted molar refractivity (Wildman–Crippen MR) is 75.3 cm³/mol. The monoisotopic (exact) mass is 334 g/mol. The second-order valence-corrected chi connectivity index (χ2v) is 5.96. The number of aromatic nitrogens is 2. The highest BCUT2D eigenvalue weighted by molar-refractivity contribution is 14.1. The van der Waals surface area contributed by atoms with Crippen LogP contribution in [0, 0.1) is 9.49 Å². The Labute approximate surface area is 111 Å². The smallest absolute Gasteiger partial charge is 0.223 e. The number of anilines is 1. The molecule has 1 aromatic rings. The highest BCUT2D eigenvalue weighted by atomic mass is 127. The van der Waals surface area contributed by atoms with Crippen LogP contribution in [0.2, 0.25) is 0 Å². The summed E-state index contributed by atoms with van der Waals surface area (Å²) < 4.78 is 1.03. The van der Waals surface area contributed by atoms with Gasteiger partial charge < -0.3 is 11.1 Å². The van der Waals surface area contributed by atoms with Gasteiger partial charge >= 0.3 is 0 Å².